The lowest BCUT2D eigenvalue weighted by Crippen LogP contribution is -2.28. The SMILES string of the molecule is O=C(O)c1nnn(CCCF)c1C1CCNCC1. The first-order chi connectivity index (χ1) is 8.74. The van der Waals surface area contributed by atoms with Crippen LogP contribution in [0.25, 0.3) is 0 Å². The number of nitrogens with zero attached hydrogens (tertiary/aromatic N) is 3. The fraction of sp³-hybridized carbons (Fsp3) is 0.727. The third kappa shape index (κ3) is 2.66. The van der Waals surface area contributed by atoms with Crippen molar-refractivity contribution < 1.29 is 14.3 Å². The molecule has 7 heteroatoms. The lowest BCUT2D eigenvalue weighted by molar-refractivity contribution is 0.0688. The predicted molar refractivity (Wildman–Crippen MR) is 62.4 cm³/mol. The molecule has 0 unspecified atom stereocenters. The molecule has 0 saturated carbocycles. The number of carboxylic acid groups (broad SMARTS) is 1. The fourth-order valence-corrected chi connectivity index (χ4v) is 2.35. The summed E-state index contributed by atoms with van der Waals surface area (Å²) in [7, 11) is 0. The average molecular weight is 256 g/mol. The Kier molecular flexibility index (Phi) is 4.24. The highest BCUT2D eigenvalue weighted by molar-refractivity contribution is 5.86. The minimum Gasteiger partial charge on any atom is -0.476 e. The Morgan fingerprint density at radius 2 is 2.22 bits per heavy atom. The minimum atomic E-state index is -1.06. The van der Waals surface area contributed by atoms with Gasteiger partial charge in [0.15, 0.2) is 5.69 Å². The third-order valence-electron chi connectivity index (χ3n) is 3.21. The van der Waals surface area contributed by atoms with E-state index in [-0.39, 0.29) is 11.6 Å². The van der Waals surface area contributed by atoms with Crippen molar-refractivity contribution >= 4 is 5.97 Å². The van der Waals surface area contributed by atoms with Crippen molar-refractivity contribution in [2.75, 3.05) is 19.8 Å². The van der Waals surface area contributed by atoms with Crippen LogP contribution >= 0.6 is 0 Å². The number of hydrogen-bond donors (Lipinski definition) is 2. The summed E-state index contributed by atoms with van der Waals surface area (Å²) in [5.41, 5.74) is 0.665. The molecule has 1 aliphatic rings. The average Bonchev–Trinajstić information content (AvgIpc) is 2.81. The first-order valence-corrected chi connectivity index (χ1v) is 6.17. The molecule has 0 atom stereocenters. The quantitative estimate of drug-likeness (QED) is 0.814. The van der Waals surface area contributed by atoms with Gasteiger partial charge in [-0.15, -0.1) is 5.10 Å². The van der Waals surface area contributed by atoms with Crippen LogP contribution in [0.15, 0.2) is 0 Å². The number of piperidine rings is 1. The number of aromatic nitrogens is 3. The van der Waals surface area contributed by atoms with Crippen LogP contribution in [0.1, 0.15) is 41.4 Å². The zero-order valence-electron chi connectivity index (χ0n) is 10.1. The molecule has 1 aromatic heterocycles. The van der Waals surface area contributed by atoms with Gasteiger partial charge in [-0.25, -0.2) is 9.48 Å². The van der Waals surface area contributed by atoms with Crippen LogP contribution in [-0.2, 0) is 6.54 Å². The highest BCUT2D eigenvalue weighted by atomic mass is 19.1. The van der Waals surface area contributed by atoms with E-state index < -0.39 is 12.6 Å². The maximum atomic E-state index is 12.2. The van der Waals surface area contributed by atoms with Crippen molar-refractivity contribution in [2.45, 2.75) is 31.7 Å². The van der Waals surface area contributed by atoms with E-state index in [0.717, 1.165) is 25.9 Å². The van der Waals surface area contributed by atoms with E-state index in [4.69, 9.17) is 5.11 Å². The zero-order valence-corrected chi connectivity index (χ0v) is 10.1. The molecule has 0 spiro atoms. The number of carbonyl (C=O) groups is 1. The Morgan fingerprint density at radius 1 is 1.50 bits per heavy atom. The van der Waals surface area contributed by atoms with Gasteiger partial charge in [-0.3, -0.25) is 4.39 Å². The lowest BCUT2D eigenvalue weighted by Gasteiger charge is -2.23. The summed E-state index contributed by atoms with van der Waals surface area (Å²) in [6.45, 7) is 1.67. The van der Waals surface area contributed by atoms with E-state index >= 15 is 0 Å². The standard InChI is InChI=1S/C11H17FN4O2/c12-4-1-7-16-10(8-2-5-13-6-3-8)9(11(17)18)14-15-16/h8,13H,1-7H2,(H,17,18). The van der Waals surface area contributed by atoms with Crippen LogP contribution in [-0.4, -0.2) is 45.8 Å². The third-order valence-corrected chi connectivity index (χ3v) is 3.21. The van der Waals surface area contributed by atoms with Crippen LogP contribution in [0.2, 0.25) is 0 Å². The van der Waals surface area contributed by atoms with Crippen molar-refractivity contribution in [3.8, 4) is 0 Å². The van der Waals surface area contributed by atoms with E-state index in [9.17, 15) is 9.18 Å². The number of nitrogens with one attached hydrogen (secondary N) is 1. The molecule has 0 aromatic carbocycles. The molecule has 1 aliphatic heterocycles. The molecule has 2 N–H and O–H groups in total. The molecule has 0 bridgehead atoms. The highest BCUT2D eigenvalue weighted by Gasteiger charge is 2.27. The van der Waals surface area contributed by atoms with Gasteiger partial charge in [-0.2, -0.15) is 0 Å². The Hall–Kier alpha value is -1.50. The van der Waals surface area contributed by atoms with Crippen molar-refractivity contribution in [1.82, 2.24) is 20.3 Å². The second kappa shape index (κ2) is 5.90. The van der Waals surface area contributed by atoms with Gasteiger partial charge in [0.1, 0.15) is 0 Å². The van der Waals surface area contributed by atoms with Crippen molar-refractivity contribution in [2.24, 2.45) is 0 Å². The first kappa shape index (κ1) is 12.9. The van der Waals surface area contributed by atoms with Crippen LogP contribution in [0.3, 0.4) is 0 Å². The van der Waals surface area contributed by atoms with Crippen molar-refractivity contribution in [3.05, 3.63) is 11.4 Å². The fourth-order valence-electron chi connectivity index (χ4n) is 2.35. The number of aromatic carboxylic acids is 1. The summed E-state index contributed by atoms with van der Waals surface area (Å²) >= 11 is 0. The molecule has 6 nitrogen and oxygen atoms in total. The summed E-state index contributed by atoms with van der Waals surface area (Å²) in [5, 5.41) is 19.9. The van der Waals surface area contributed by atoms with Crippen molar-refractivity contribution in [1.29, 1.82) is 0 Å². The number of carboxylic acids is 1. The normalized spacial score (nSPS) is 16.9. The van der Waals surface area contributed by atoms with Gasteiger partial charge in [0.2, 0.25) is 0 Å². The van der Waals surface area contributed by atoms with E-state index in [0.29, 0.717) is 18.7 Å². The van der Waals surface area contributed by atoms with E-state index in [1.165, 1.54) is 0 Å². The van der Waals surface area contributed by atoms with E-state index in [1.807, 2.05) is 0 Å². The number of halogens is 1. The Morgan fingerprint density at radius 3 is 2.83 bits per heavy atom. The molecule has 100 valence electrons. The molecular weight excluding hydrogens is 239 g/mol. The zero-order chi connectivity index (χ0) is 13.0. The van der Waals surface area contributed by atoms with Gasteiger partial charge >= 0.3 is 5.97 Å². The number of alkyl halides is 1. The van der Waals surface area contributed by atoms with Crippen molar-refractivity contribution in [3.63, 3.8) is 0 Å². The molecule has 1 aromatic rings. The smallest absolute Gasteiger partial charge is 0.358 e. The van der Waals surface area contributed by atoms with Gasteiger partial charge in [0.05, 0.1) is 12.4 Å². The lowest BCUT2D eigenvalue weighted by atomic mass is 9.93. The molecular formula is C11H17FN4O2. The molecule has 0 aliphatic carbocycles. The topological polar surface area (TPSA) is 80.0 Å². The van der Waals surface area contributed by atoms with Crippen LogP contribution in [0, 0.1) is 0 Å². The second-order valence-corrected chi connectivity index (χ2v) is 4.42. The summed E-state index contributed by atoms with van der Waals surface area (Å²) in [6, 6.07) is 0. The molecule has 1 saturated heterocycles. The summed E-state index contributed by atoms with van der Waals surface area (Å²) in [4.78, 5) is 11.1. The molecule has 1 fully saturated rings. The molecule has 2 heterocycles. The number of hydrogen-bond acceptors (Lipinski definition) is 4. The highest BCUT2D eigenvalue weighted by Crippen LogP contribution is 2.27. The maximum absolute atomic E-state index is 12.2. The largest absolute Gasteiger partial charge is 0.476 e. The predicted octanol–water partition coefficient (Wildman–Crippen LogP) is 0.803. The monoisotopic (exact) mass is 256 g/mol. The molecule has 0 amide bonds. The summed E-state index contributed by atoms with van der Waals surface area (Å²) in [5.74, 6) is -0.915. The van der Waals surface area contributed by atoms with Gasteiger partial charge in [-0.05, 0) is 32.4 Å². The summed E-state index contributed by atoms with van der Waals surface area (Å²) < 4.78 is 13.8. The number of rotatable bonds is 5. The van der Waals surface area contributed by atoms with E-state index in [1.54, 1.807) is 4.68 Å². The first-order valence-electron chi connectivity index (χ1n) is 6.17. The van der Waals surface area contributed by atoms with Gasteiger partial charge in [0.25, 0.3) is 0 Å². The summed E-state index contributed by atoms with van der Waals surface area (Å²) in [6.07, 6.45) is 2.06. The van der Waals surface area contributed by atoms with Gasteiger partial charge < -0.3 is 10.4 Å². The number of aryl methyl sites for hydroxylation is 1. The molecule has 18 heavy (non-hydrogen) atoms. The van der Waals surface area contributed by atoms with E-state index in [2.05, 4.69) is 15.6 Å². The van der Waals surface area contributed by atoms with Crippen LogP contribution in [0.5, 0.6) is 0 Å². The Balaban J connectivity index is 2.26. The minimum absolute atomic E-state index is 0.0146. The van der Waals surface area contributed by atoms with Gasteiger partial charge in [0, 0.05) is 12.5 Å². The van der Waals surface area contributed by atoms with Crippen LogP contribution < -0.4 is 5.32 Å². The Bertz CT molecular complexity index is 415. The van der Waals surface area contributed by atoms with Crippen LogP contribution in [0.4, 0.5) is 4.39 Å². The maximum Gasteiger partial charge on any atom is 0.358 e. The molecule has 0 radical (unpaired) electrons. The second-order valence-electron chi connectivity index (χ2n) is 4.42. The van der Waals surface area contributed by atoms with Gasteiger partial charge in [-0.1, -0.05) is 5.21 Å². The molecule has 2 rings (SSSR count). The Labute approximate surface area is 104 Å².